The number of pyridine rings is 2. The molecule has 2 rings (SSSR count). The molecule has 0 spiro atoms. The average Bonchev–Trinajstić information content (AvgIpc) is 2.46. The van der Waals surface area contributed by atoms with Gasteiger partial charge in [0.05, 0.1) is 11.4 Å². The molecular weight excluding hydrogens is 262 g/mol. The Labute approximate surface area is 112 Å². The zero-order valence-corrected chi connectivity index (χ0v) is 11.4. The van der Waals surface area contributed by atoms with E-state index in [0.29, 0.717) is 0 Å². The maximum absolute atomic E-state index is 11.5. The van der Waals surface area contributed by atoms with Crippen LogP contribution in [0.3, 0.4) is 0 Å². The fraction of sp³-hybridized carbons (Fsp3) is 0.231. The molecule has 0 saturated carbocycles. The van der Waals surface area contributed by atoms with E-state index in [-0.39, 0.29) is 12.3 Å². The lowest BCUT2D eigenvalue weighted by atomic mass is 10.1. The molecule has 0 atom stereocenters. The minimum atomic E-state index is -3.21. The number of aromatic nitrogens is 2. The van der Waals surface area contributed by atoms with Crippen molar-refractivity contribution in [3.8, 4) is 11.3 Å². The number of nitrogens with one attached hydrogen (secondary N) is 1. The number of hydrogen-bond acceptors (Lipinski definition) is 4. The molecule has 2 aromatic rings. The van der Waals surface area contributed by atoms with Crippen LogP contribution in [0.5, 0.6) is 0 Å². The first-order chi connectivity index (χ1) is 9.12. The lowest BCUT2D eigenvalue weighted by molar-refractivity contribution is 0.582. The average molecular weight is 277 g/mol. The molecule has 0 aliphatic carbocycles. The van der Waals surface area contributed by atoms with Gasteiger partial charge < -0.3 is 0 Å². The first kappa shape index (κ1) is 13.6. The van der Waals surface area contributed by atoms with Gasteiger partial charge in [0.25, 0.3) is 0 Å². The molecule has 0 aliphatic rings. The van der Waals surface area contributed by atoms with Gasteiger partial charge in [0, 0.05) is 30.7 Å². The summed E-state index contributed by atoms with van der Waals surface area (Å²) in [6, 6.07) is 7.36. The van der Waals surface area contributed by atoms with Crippen molar-refractivity contribution in [2.75, 3.05) is 5.75 Å². The molecule has 2 heterocycles. The van der Waals surface area contributed by atoms with Crippen molar-refractivity contribution in [3.63, 3.8) is 0 Å². The summed E-state index contributed by atoms with van der Waals surface area (Å²) in [5.74, 6) is 0.0650. The lowest BCUT2D eigenvalue weighted by Crippen LogP contribution is -2.25. The second kappa shape index (κ2) is 5.90. The van der Waals surface area contributed by atoms with Gasteiger partial charge in [-0.05, 0) is 30.7 Å². The van der Waals surface area contributed by atoms with Gasteiger partial charge in [-0.25, -0.2) is 13.1 Å². The Hall–Kier alpha value is -1.79. The third-order valence-electron chi connectivity index (χ3n) is 2.69. The number of sulfonamides is 1. The van der Waals surface area contributed by atoms with Gasteiger partial charge in [0.15, 0.2) is 0 Å². The summed E-state index contributed by atoms with van der Waals surface area (Å²) in [4.78, 5) is 8.35. The SMILES string of the molecule is CCS(=O)(=O)NCc1cccnc1-c1cccnc1. The summed E-state index contributed by atoms with van der Waals surface area (Å²) in [7, 11) is -3.21. The molecule has 0 unspecified atom stereocenters. The summed E-state index contributed by atoms with van der Waals surface area (Å²) < 4.78 is 25.5. The van der Waals surface area contributed by atoms with Crippen LogP contribution in [0.4, 0.5) is 0 Å². The molecule has 0 aliphatic heterocycles. The normalized spacial score (nSPS) is 11.4. The highest BCUT2D eigenvalue weighted by Gasteiger charge is 2.10. The maximum Gasteiger partial charge on any atom is 0.211 e. The minimum Gasteiger partial charge on any atom is -0.264 e. The van der Waals surface area contributed by atoms with Crippen molar-refractivity contribution in [1.29, 1.82) is 0 Å². The van der Waals surface area contributed by atoms with E-state index in [4.69, 9.17) is 0 Å². The fourth-order valence-electron chi connectivity index (χ4n) is 1.63. The lowest BCUT2D eigenvalue weighted by Gasteiger charge is -2.09. The van der Waals surface area contributed by atoms with Crippen LogP contribution in [-0.2, 0) is 16.6 Å². The summed E-state index contributed by atoms with van der Waals surface area (Å²) in [5, 5.41) is 0. The van der Waals surface area contributed by atoms with E-state index >= 15 is 0 Å². The van der Waals surface area contributed by atoms with Crippen LogP contribution in [0.2, 0.25) is 0 Å². The van der Waals surface area contributed by atoms with Crippen LogP contribution in [0, 0.1) is 0 Å². The Kier molecular flexibility index (Phi) is 4.24. The molecule has 19 heavy (non-hydrogen) atoms. The fourth-order valence-corrected chi connectivity index (χ4v) is 2.21. The molecule has 100 valence electrons. The van der Waals surface area contributed by atoms with Gasteiger partial charge >= 0.3 is 0 Å². The van der Waals surface area contributed by atoms with E-state index in [1.165, 1.54) is 0 Å². The Balaban J connectivity index is 2.28. The van der Waals surface area contributed by atoms with Gasteiger partial charge in [-0.3, -0.25) is 9.97 Å². The third kappa shape index (κ3) is 3.59. The van der Waals surface area contributed by atoms with Gasteiger partial charge in [-0.15, -0.1) is 0 Å². The molecule has 0 amide bonds. The predicted octanol–water partition coefficient (Wildman–Crippen LogP) is 1.58. The second-order valence-electron chi connectivity index (χ2n) is 3.98. The van der Waals surface area contributed by atoms with E-state index in [1.807, 2.05) is 18.2 Å². The van der Waals surface area contributed by atoms with E-state index < -0.39 is 10.0 Å². The molecule has 6 heteroatoms. The maximum atomic E-state index is 11.5. The summed E-state index contributed by atoms with van der Waals surface area (Å²) in [6.07, 6.45) is 5.08. The first-order valence-electron chi connectivity index (χ1n) is 5.94. The van der Waals surface area contributed by atoms with Gasteiger partial charge in [0.1, 0.15) is 0 Å². The molecular formula is C13H15N3O2S. The van der Waals surface area contributed by atoms with Gasteiger partial charge in [0.2, 0.25) is 10.0 Å². The van der Waals surface area contributed by atoms with E-state index in [1.54, 1.807) is 31.6 Å². The van der Waals surface area contributed by atoms with E-state index in [2.05, 4.69) is 14.7 Å². The quantitative estimate of drug-likeness (QED) is 0.900. The summed E-state index contributed by atoms with van der Waals surface area (Å²) in [5.41, 5.74) is 2.44. The molecule has 0 fully saturated rings. The highest BCUT2D eigenvalue weighted by Crippen LogP contribution is 2.19. The van der Waals surface area contributed by atoms with Crippen molar-refractivity contribution < 1.29 is 8.42 Å². The summed E-state index contributed by atoms with van der Waals surface area (Å²) in [6.45, 7) is 1.84. The summed E-state index contributed by atoms with van der Waals surface area (Å²) >= 11 is 0. The monoisotopic (exact) mass is 277 g/mol. The first-order valence-corrected chi connectivity index (χ1v) is 7.59. The largest absolute Gasteiger partial charge is 0.264 e. The zero-order valence-electron chi connectivity index (χ0n) is 10.6. The number of hydrogen-bond donors (Lipinski definition) is 1. The van der Waals surface area contributed by atoms with Crippen LogP contribution in [0.15, 0.2) is 42.9 Å². The van der Waals surface area contributed by atoms with Crippen LogP contribution in [0.1, 0.15) is 12.5 Å². The number of rotatable bonds is 5. The molecule has 0 bridgehead atoms. The Bertz CT molecular complexity index is 642. The van der Waals surface area contributed by atoms with Crippen molar-refractivity contribution in [1.82, 2.24) is 14.7 Å². The molecule has 1 N–H and O–H groups in total. The predicted molar refractivity (Wildman–Crippen MR) is 73.8 cm³/mol. The molecule has 5 nitrogen and oxygen atoms in total. The van der Waals surface area contributed by atoms with Crippen molar-refractivity contribution >= 4 is 10.0 Å². The Morgan fingerprint density at radius 3 is 2.68 bits per heavy atom. The zero-order chi connectivity index (χ0) is 13.7. The Morgan fingerprint density at radius 2 is 2.00 bits per heavy atom. The van der Waals surface area contributed by atoms with E-state index in [0.717, 1.165) is 16.8 Å². The van der Waals surface area contributed by atoms with Gasteiger partial charge in [-0.2, -0.15) is 0 Å². The van der Waals surface area contributed by atoms with Crippen LogP contribution in [-0.4, -0.2) is 24.1 Å². The third-order valence-corrected chi connectivity index (χ3v) is 4.03. The Morgan fingerprint density at radius 1 is 1.21 bits per heavy atom. The van der Waals surface area contributed by atoms with Crippen molar-refractivity contribution in [2.45, 2.75) is 13.5 Å². The van der Waals surface area contributed by atoms with Crippen LogP contribution in [0.25, 0.3) is 11.3 Å². The molecule has 0 radical (unpaired) electrons. The molecule has 0 aromatic carbocycles. The smallest absolute Gasteiger partial charge is 0.211 e. The molecule has 2 aromatic heterocycles. The minimum absolute atomic E-state index is 0.0650. The topological polar surface area (TPSA) is 72.0 Å². The van der Waals surface area contributed by atoms with Crippen molar-refractivity contribution in [2.24, 2.45) is 0 Å². The highest BCUT2D eigenvalue weighted by molar-refractivity contribution is 7.89. The second-order valence-corrected chi connectivity index (χ2v) is 6.07. The van der Waals surface area contributed by atoms with Crippen molar-refractivity contribution in [3.05, 3.63) is 48.4 Å². The van der Waals surface area contributed by atoms with Crippen LogP contribution >= 0.6 is 0 Å². The highest BCUT2D eigenvalue weighted by atomic mass is 32.2. The van der Waals surface area contributed by atoms with Gasteiger partial charge in [-0.1, -0.05) is 6.07 Å². The standard InChI is InChI=1S/C13H15N3O2S/c1-2-19(17,18)16-10-12-6-4-8-15-13(12)11-5-3-7-14-9-11/h3-9,16H,2,10H2,1H3. The number of nitrogens with zero attached hydrogens (tertiary/aromatic N) is 2. The molecule has 0 saturated heterocycles. The van der Waals surface area contributed by atoms with E-state index in [9.17, 15) is 8.42 Å². The van der Waals surface area contributed by atoms with Crippen LogP contribution < -0.4 is 4.72 Å².